The third kappa shape index (κ3) is 5.68. The number of ether oxygens (including phenoxy) is 3. The lowest BCUT2D eigenvalue weighted by Gasteiger charge is -2.34. The summed E-state index contributed by atoms with van der Waals surface area (Å²) >= 11 is 0. The molecule has 2 atom stereocenters. The first kappa shape index (κ1) is 24.4. The normalized spacial score (nSPS) is 21.2. The number of aliphatic hydroxyl groups is 1. The van der Waals surface area contributed by atoms with Crippen molar-refractivity contribution in [2.24, 2.45) is 0 Å². The van der Waals surface area contributed by atoms with E-state index in [2.05, 4.69) is 0 Å². The van der Waals surface area contributed by atoms with Gasteiger partial charge < -0.3 is 28.6 Å². The van der Waals surface area contributed by atoms with Crippen molar-refractivity contribution in [3.63, 3.8) is 0 Å². The Hall–Kier alpha value is -2.68. The summed E-state index contributed by atoms with van der Waals surface area (Å²) in [5.41, 5.74) is 0.870. The van der Waals surface area contributed by atoms with Crippen LogP contribution in [0.25, 0.3) is 11.0 Å². The highest BCUT2D eigenvalue weighted by atomic mass is 16.7. The average Bonchev–Trinajstić information content (AvgIpc) is 2.88. The van der Waals surface area contributed by atoms with E-state index in [0.29, 0.717) is 23.0 Å². The van der Waals surface area contributed by atoms with Gasteiger partial charge in [0.15, 0.2) is 11.2 Å². The number of rotatable bonds is 9. The minimum atomic E-state index is -0.711. The molecule has 4 rings (SSSR count). The quantitative estimate of drug-likeness (QED) is 0.560. The van der Waals surface area contributed by atoms with Gasteiger partial charge in [0.1, 0.15) is 5.58 Å². The Morgan fingerprint density at radius 3 is 2.74 bits per heavy atom. The third-order valence-corrected chi connectivity index (χ3v) is 6.58. The molecule has 0 spiro atoms. The van der Waals surface area contributed by atoms with Crippen LogP contribution in [0.15, 0.2) is 51.6 Å². The van der Waals surface area contributed by atoms with Gasteiger partial charge in [-0.15, -0.1) is 0 Å². The van der Waals surface area contributed by atoms with Crippen molar-refractivity contribution in [3.8, 4) is 0 Å². The summed E-state index contributed by atoms with van der Waals surface area (Å²) in [5.74, 6) is -0.401. The molecule has 1 aliphatic heterocycles. The number of nitrogens with zero attached hydrogens (tertiary/aromatic N) is 1. The lowest BCUT2D eigenvalue weighted by Crippen LogP contribution is -2.41. The lowest BCUT2D eigenvalue weighted by molar-refractivity contribution is -0.157. The van der Waals surface area contributed by atoms with Crippen LogP contribution in [0.1, 0.15) is 50.0 Å². The fourth-order valence-corrected chi connectivity index (χ4v) is 4.69. The van der Waals surface area contributed by atoms with E-state index in [4.69, 9.17) is 23.7 Å². The molecule has 1 aromatic heterocycles. The smallest absolute Gasteiger partial charge is 0.288 e. The van der Waals surface area contributed by atoms with Gasteiger partial charge in [-0.05, 0) is 31.1 Å². The Morgan fingerprint density at radius 2 is 1.94 bits per heavy atom. The van der Waals surface area contributed by atoms with Gasteiger partial charge in [0, 0.05) is 31.0 Å². The lowest BCUT2D eigenvalue weighted by atomic mass is 9.92. The van der Waals surface area contributed by atoms with E-state index in [9.17, 15) is 9.59 Å². The van der Waals surface area contributed by atoms with Gasteiger partial charge in [0.05, 0.1) is 38.1 Å². The zero-order chi connectivity index (χ0) is 23.9. The number of hydrogen-bond donors (Lipinski definition) is 1. The van der Waals surface area contributed by atoms with E-state index in [0.717, 1.165) is 25.7 Å². The van der Waals surface area contributed by atoms with Gasteiger partial charge >= 0.3 is 0 Å². The highest BCUT2D eigenvalue weighted by Crippen LogP contribution is 2.32. The molecule has 1 N–H and O–H groups in total. The highest BCUT2D eigenvalue weighted by Gasteiger charge is 2.33. The molecule has 1 amide bonds. The van der Waals surface area contributed by atoms with E-state index in [-0.39, 0.29) is 49.6 Å². The van der Waals surface area contributed by atoms with Crippen LogP contribution in [0, 0.1) is 0 Å². The second kappa shape index (κ2) is 11.6. The van der Waals surface area contributed by atoms with Crippen molar-refractivity contribution < 1.29 is 28.5 Å². The number of hydrogen-bond acceptors (Lipinski definition) is 7. The largest absolute Gasteiger partial charge is 0.464 e. The van der Waals surface area contributed by atoms with E-state index >= 15 is 0 Å². The predicted octanol–water partition coefficient (Wildman–Crippen LogP) is 3.32. The second-order valence-corrected chi connectivity index (χ2v) is 8.85. The number of likely N-dealkylation sites (N-methyl/N-ethyl adjacent to an activating group) is 1. The first-order chi connectivity index (χ1) is 16.6. The molecule has 2 heterocycles. The molecule has 0 saturated heterocycles. The Labute approximate surface area is 199 Å². The van der Waals surface area contributed by atoms with Crippen LogP contribution < -0.4 is 5.43 Å². The first-order valence-electron chi connectivity index (χ1n) is 12.0. The third-order valence-electron chi connectivity index (χ3n) is 6.58. The van der Waals surface area contributed by atoms with Gasteiger partial charge in [0.2, 0.25) is 6.29 Å². The van der Waals surface area contributed by atoms with E-state index in [1.165, 1.54) is 12.7 Å². The molecule has 8 nitrogen and oxygen atoms in total. The molecule has 2 aromatic rings. The summed E-state index contributed by atoms with van der Waals surface area (Å²) in [5, 5.41) is 9.35. The van der Waals surface area contributed by atoms with E-state index in [1.54, 1.807) is 29.2 Å². The maximum atomic E-state index is 13.4. The van der Waals surface area contributed by atoms with E-state index < -0.39 is 12.2 Å². The fraction of sp³-hybridized carbons (Fsp3) is 0.538. The van der Waals surface area contributed by atoms with Gasteiger partial charge in [0.25, 0.3) is 5.91 Å². The summed E-state index contributed by atoms with van der Waals surface area (Å²) in [7, 11) is 1.81. The van der Waals surface area contributed by atoms with Crippen molar-refractivity contribution >= 4 is 16.9 Å². The van der Waals surface area contributed by atoms with Crippen LogP contribution in [0.4, 0.5) is 0 Å². The van der Waals surface area contributed by atoms with Crippen LogP contribution in [0.2, 0.25) is 0 Å². The number of aliphatic hydroxyl groups excluding tert-OH is 1. The summed E-state index contributed by atoms with van der Waals surface area (Å²) in [6.07, 6.45) is 8.25. The number of allylic oxidation sites excluding steroid dienone is 1. The molecule has 34 heavy (non-hydrogen) atoms. The minimum absolute atomic E-state index is 0.0609. The first-order valence-corrected chi connectivity index (χ1v) is 12.0. The van der Waals surface area contributed by atoms with E-state index in [1.807, 2.05) is 13.1 Å². The van der Waals surface area contributed by atoms with Crippen molar-refractivity contribution in [3.05, 3.63) is 58.2 Å². The SMILES string of the molecule is CN(C(=O)C1=C[C@H](c2coc3ccccc3c2=O)C[C@H](OCCOCCO)O1)C1CCCCC1. The zero-order valence-corrected chi connectivity index (χ0v) is 19.6. The molecule has 0 radical (unpaired) electrons. The minimum Gasteiger partial charge on any atom is -0.464 e. The molecular formula is C26H33NO7. The van der Waals surface area contributed by atoms with Crippen LogP contribution in [-0.2, 0) is 19.0 Å². The van der Waals surface area contributed by atoms with Crippen molar-refractivity contribution in [1.29, 1.82) is 0 Å². The Balaban J connectivity index is 1.57. The number of para-hydroxylation sites is 1. The highest BCUT2D eigenvalue weighted by molar-refractivity contribution is 5.92. The molecule has 8 heteroatoms. The number of fused-ring (bicyclic) bond motifs is 1. The average molecular weight is 472 g/mol. The maximum Gasteiger partial charge on any atom is 0.288 e. The van der Waals surface area contributed by atoms with Gasteiger partial charge in [-0.25, -0.2) is 0 Å². The van der Waals surface area contributed by atoms with Crippen LogP contribution >= 0.6 is 0 Å². The molecule has 1 saturated carbocycles. The number of carbonyl (C=O) groups excluding carboxylic acids is 1. The Morgan fingerprint density at radius 1 is 1.15 bits per heavy atom. The molecule has 184 valence electrons. The van der Waals surface area contributed by atoms with Crippen LogP contribution in [0.5, 0.6) is 0 Å². The van der Waals surface area contributed by atoms with Gasteiger partial charge in [-0.1, -0.05) is 31.4 Å². The second-order valence-electron chi connectivity index (χ2n) is 8.85. The van der Waals surface area contributed by atoms with Gasteiger partial charge in [-0.2, -0.15) is 0 Å². The molecule has 0 bridgehead atoms. The van der Waals surface area contributed by atoms with Gasteiger partial charge in [-0.3, -0.25) is 9.59 Å². The fourth-order valence-electron chi connectivity index (χ4n) is 4.69. The topological polar surface area (TPSA) is 98.4 Å². The molecule has 0 unspecified atom stereocenters. The number of carbonyl (C=O) groups is 1. The Kier molecular flexibility index (Phi) is 8.37. The summed E-state index contributed by atoms with van der Waals surface area (Å²) < 4.78 is 22.8. The maximum absolute atomic E-state index is 13.4. The van der Waals surface area contributed by atoms with Crippen LogP contribution in [0.3, 0.4) is 0 Å². The molecular weight excluding hydrogens is 438 g/mol. The van der Waals surface area contributed by atoms with Crippen LogP contribution in [-0.4, -0.2) is 61.7 Å². The molecule has 2 aliphatic rings. The predicted molar refractivity (Wildman–Crippen MR) is 126 cm³/mol. The molecule has 1 fully saturated rings. The summed E-state index contributed by atoms with van der Waals surface area (Å²) in [4.78, 5) is 28.3. The Bertz CT molecular complexity index is 1060. The van der Waals surface area contributed by atoms with Crippen molar-refractivity contribution in [2.45, 2.75) is 56.8 Å². The zero-order valence-electron chi connectivity index (χ0n) is 19.6. The summed E-state index contributed by atoms with van der Waals surface area (Å²) in [6, 6.07) is 7.30. The summed E-state index contributed by atoms with van der Waals surface area (Å²) in [6.45, 7) is 0.696. The standard InChI is InChI=1S/C26H33NO7/c1-27(19-7-3-2-4-8-19)26(30)23-15-18(16-24(34-23)32-14-13-31-12-11-28)21-17-33-22-10-6-5-9-20(22)25(21)29/h5-6,9-10,15,17-19,24,28H,2-4,7-8,11-14,16H2,1H3/t18-,24+/m0/s1. The number of benzene rings is 1. The number of amides is 1. The van der Waals surface area contributed by atoms with Crippen molar-refractivity contribution in [2.75, 3.05) is 33.5 Å². The molecule has 1 aromatic carbocycles. The van der Waals surface area contributed by atoms with Crippen molar-refractivity contribution in [1.82, 2.24) is 4.90 Å². The molecule has 1 aliphatic carbocycles. The monoisotopic (exact) mass is 471 g/mol.